The number of hydrogen-bond donors (Lipinski definition) is 2. The molecule has 3 aromatic rings. The maximum atomic E-state index is 10.1. The molecule has 1 aliphatic heterocycles. The number of aliphatic hydroxyl groups excluding tert-OH is 1. The molecule has 0 amide bonds. The third kappa shape index (κ3) is 14.7. The molecule has 45 heavy (non-hydrogen) atoms. The molecule has 1 aliphatic carbocycles. The Hall–Kier alpha value is -1.78. The number of fused-ring (bicyclic) bond motifs is 2. The van der Waals surface area contributed by atoms with E-state index < -0.39 is 6.10 Å². The van der Waals surface area contributed by atoms with Gasteiger partial charge in [-0.2, -0.15) is 0 Å². The van der Waals surface area contributed by atoms with Crippen LogP contribution in [0.25, 0.3) is 0 Å². The third-order valence-electron chi connectivity index (χ3n) is 6.30. The molecule has 0 unspecified atom stereocenters. The SMILES string of the molecule is N[C@H](c1ccccc1)[C@@H](O)c1ccccc1.[CH]1[CH][CH][C]2OCCOCCOc3ccccc3OCCOCCO[C]2[CH]1.[Cl][Ru][Cl]. The number of nitrogens with two attached hydrogens (primary N) is 1. The first-order valence-corrected chi connectivity index (χ1v) is 18.8. The Labute approximate surface area is 283 Å². The summed E-state index contributed by atoms with van der Waals surface area (Å²) in [6.45, 7) is 3.65. The summed E-state index contributed by atoms with van der Waals surface area (Å²) >= 11 is -0.346. The predicted molar refractivity (Wildman–Crippen MR) is 171 cm³/mol. The Morgan fingerprint density at radius 1 is 0.556 bits per heavy atom. The second-order valence-electron chi connectivity index (χ2n) is 9.35. The quantitative estimate of drug-likeness (QED) is 0.305. The van der Waals surface area contributed by atoms with E-state index in [4.69, 9.17) is 53.5 Å². The van der Waals surface area contributed by atoms with Crippen molar-refractivity contribution in [1.29, 1.82) is 0 Å². The molecular formula is C34H39Cl2NO7Ru. The van der Waals surface area contributed by atoms with Gasteiger partial charge in [-0.3, -0.25) is 0 Å². The number of ether oxygens (including phenoxy) is 6. The first-order valence-electron chi connectivity index (χ1n) is 14.4. The van der Waals surface area contributed by atoms with Crippen LogP contribution in [0.2, 0.25) is 0 Å². The molecule has 1 heterocycles. The summed E-state index contributed by atoms with van der Waals surface area (Å²) in [7, 11) is 9.71. The molecule has 244 valence electrons. The van der Waals surface area contributed by atoms with E-state index in [9.17, 15) is 5.11 Å². The van der Waals surface area contributed by atoms with Gasteiger partial charge in [0.25, 0.3) is 0 Å². The van der Waals surface area contributed by atoms with Crippen LogP contribution in [-0.2, 0) is 34.1 Å². The summed E-state index contributed by atoms with van der Waals surface area (Å²) < 4.78 is 34.1. The van der Waals surface area contributed by atoms with Gasteiger partial charge in [0.2, 0.25) is 0 Å². The Kier molecular flexibility index (Phi) is 19.7. The van der Waals surface area contributed by atoms with E-state index in [1.165, 1.54) is 0 Å². The van der Waals surface area contributed by atoms with Gasteiger partial charge < -0.3 is 39.3 Å². The Balaban J connectivity index is 0.000000248. The number of aliphatic hydroxyl groups is 1. The fraction of sp³-hybridized carbons (Fsp3) is 0.294. The van der Waals surface area contributed by atoms with Crippen LogP contribution in [-0.4, -0.2) is 58.0 Å². The summed E-state index contributed by atoms with van der Waals surface area (Å²) in [4.78, 5) is 0. The fourth-order valence-electron chi connectivity index (χ4n) is 4.14. The van der Waals surface area contributed by atoms with Gasteiger partial charge in [-0.1, -0.05) is 72.8 Å². The summed E-state index contributed by atoms with van der Waals surface area (Å²) in [6, 6.07) is 26.3. The van der Waals surface area contributed by atoms with E-state index >= 15 is 0 Å². The van der Waals surface area contributed by atoms with Crippen LogP contribution in [0.3, 0.4) is 0 Å². The van der Waals surface area contributed by atoms with Crippen molar-refractivity contribution in [3.63, 3.8) is 0 Å². The van der Waals surface area contributed by atoms with Gasteiger partial charge in [-0.25, -0.2) is 0 Å². The second-order valence-corrected chi connectivity index (χ2v) is 12.0. The van der Waals surface area contributed by atoms with E-state index in [1.54, 1.807) is 0 Å². The van der Waals surface area contributed by atoms with Crippen LogP contribution < -0.4 is 15.2 Å². The Bertz CT molecular complexity index is 1060. The van der Waals surface area contributed by atoms with E-state index in [0.29, 0.717) is 76.6 Å². The molecule has 5 rings (SSSR count). The molecule has 0 bridgehead atoms. The first-order chi connectivity index (χ1) is 22.1. The predicted octanol–water partition coefficient (Wildman–Crippen LogP) is 6.22. The molecule has 0 saturated heterocycles. The van der Waals surface area contributed by atoms with Crippen molar-refractivity contribution in [2.24, 2.45) is 5.73 Å². The molecule has 1 saturated carbocycles. The summed E-state index contributed by atoms with van der Waals surface area (Å²) in [6.07, 6.45) is 8.31. The third-order valence-corrected chi connectivity index (χ3v) is 6.30. The molecule has 3 N–H and O–H groups in total. The molecule has 2 atom stereocenters. The number of para-hydroxylation sites is 2. The van der Waals surface area contributed by atoms with Crippen LogP contribution in [0.15, 0.2) is 84.9 Å². The topological polar surface area (TPSA) is 102 Å². The van der Waals surface area contributed by atoms with Crippen LogP contribution in [0.5, 0.6) is 11.5 Å². The molecule has 11 heteroatoms. The van der Waals surface area contributed by atoms with Crippen molar-refractivity contribution in [3.8, 4) is 11.5 Å². The molecule has 1 fully saturated rings. The monoisotopic (exact) mass is 745 g/mol. The number of hydrogen-bond acceptors (Lipinski definition) is 8. The number of benzene rings is 3. The van der Waals surface area contributed by atoms with Crippen molar-refractivity contribution in [2.45, 2.75) is 12.1 Å². The minimum atomic E-state index is -0.663. The molecule has 0 aromatic heterocycles. The second kappa shape index (κ2) is 23.5. The summed E-state index contributed by atoms with van der Waals surface area (Å²) in [5.74, 6) is 1.40. The van der Waals surface area contributed by atoms with Crippen molar-refractivity contribution in [1.82, 2.24) is 0 Å². The molecule has 3 aromatic carbocycles. The van der Waals surface area contributed by atoms with Crippen LogP contribution >= 0.6 is 19.4 Å². The first kappa shape index (κ1) is 37.7. The van der Waals surface area contributed by atoms with Crippen LogP contribution in [0, 0.1) is 37.9 Å². The zero-order valence-corrected chi connectivity index (χ0v) is 28.0. The van der Waals surface area contributed by atoms with Crippen LogP contribution in [0.4, 0.5) is 0 Å². The number of halogens is 2. The number of rotatable bonds is 3. The summed E-state index contributed by atoms with van der Waals surface area (Å²) in [5, 5.41) is 10.1. The van der Waals surface area contributed by atoms with Gasteiger partial charge >= 0.3 is 34.5 Å². The van der Waals surface area contributed by atoms with Crippen molar-refractivity contribution < 1.29 is 48.7 Å². The zero-order valence-electron chi connectivity index (χ0n) is 24.8. The molecule has 8 nitrogen and oxygen atoms in total. The van der Waals surface area contributed by atoms with Gasteiger partial charge in [-0.05, 0) is 36.1 Å². The molecule has 6 radical (unpaired) electrons. The molecular weight excluding hydrogens is 706 g/mol. The van der Waals surface area contributed by atoms with Gasteiger partial charge in [0, 0.05) is 12.8 Å². The van der Waals surface area contributed by atoms with Gasteiger partial charge in [0.15, 0.2) is 11.5 Å². The Morgan fingerprint density at radius 3 is 1.38 bits per heavy atom. The average Bonchev–Trinajstić information content (AvgIpc) is 3.09. The van der Waals surface area contributed by atoms with E-state index in [0.717, 1.165) is 11.1 Å². The fourth-order valence-corrected chi connectivity index (χ4v) is 4.14. The standard InChI is InChI=1S/C20H24O6.C14H15NO.2ClH.Ru/c1-2-6-18-17(5-1)23-13-9-21-11-15-25-19-7-3-4-8-20(19)26-16-12-22-10-14-24-18;15-13(11-7-3-1-4-8-11)14(16)12-9-5-2-6-10-12;;;/h1-8H,9-16H2;1-10,13-14,16H,15H2;2*1H;/q;;;;+2/p-2/t;13-,14+;;;/m.1.../s1. The van der Waals surface area contributed by atoms with Gasteiger partial charge in [-0.15, -0.1) is 0 Å². The van der Waals surface area contributed by atoms with Crippen LogP contribution in [0.1, 0.15) is 23.3 Å². The van der Waals surface area contributed by atoms with E-state index in [-0.39, 0.29) is 21.2 Å². The molecule has 0 spiro atoms. The van der Waals surface area contributed by atoms with Crippen molar-refractivity contribution in [2.75, 3.05) is 52.9 Å². The van der Waals surface area contributed by atoms with E-state index in [2.05, 4.69) is 0 Å². The van der Waals surface area contributed by atoms with Crippen molar-refractivity contribution >= 4 is 19.4 Å². The van der Waals surface area contributed by atoms with Gasteiger partial charge in [0.05, 0.1) is 51.8 Å². The molecule has 2 aliphatic rings. The average molecular weight is 746 g/mol. The maximum absolute atomic E-state index is 10.1. The van der Waals surface area contributed by atoms with Crippen molar-refractivity contribution in [3.05, 3.63) is 134 Å². The minimum absolute atomic E-state index is 0.346. The normalized spacial score (nSPS) is 18.8. The van der Waals surface area contributed by atoms with E-state index in [1.807, 2.05) is 111 Å². The summed E-state index contributed by atoms with van der Waals surface area (Å²) in [5.41, 5.74) is 7.81. The zero-order chi connectivity index (χ0) is 32.0. The Morgan fingerprint density at radius 2 is 0.933 bits per heavy atom. The van der Waals surface area contributed by atoms with Gasteiger partial charge in [0.1, 0.15) is 25.4 Å².